The van der Waals surface area contributed by atoms with E-state index in [-0.39, 0.29) is 19.0 Å². The number of carbonyl (C=O) groups is 2. The van der Waals surface area contributed by atoms with Crippen LogP contribution in [0.15, 0.2) is 0 Å². The lowest BCUT2D eigenvalue weighted by Crippen LogP contribution is -2.47. The Morgan fingerprint density at radius 3 is 2.65 bits per heavy atom. The minimum atomic E-state index is -1.05. The Morgan fingerprint density at radius 2 is 2.00 bits per heavy atom. The van der Waals surface area contributed by atoms with Gasteiger partial charge in [0.1, 0.15) is 6.04 Å². The lowest BCUT2D eigenvalue weighted by Gasteiger charge is -2.30. The molecule has 6 heteroatoms. The Balaban J connectivity index is 1.86. The summed E-state index contributed by atoms with van der Waals surface area (Å²) in [5.74, 6) is 0.0229. The second-order valence-electron chi connectivity index (χ2n) is 6.10. The number of β-amino-alcohol motifs (C(OH)–C–C–N with tert-alkyl or cyclic N) is 1. The molecule has 1 saturated heterocycles. The maximum atomic E-state index is 12.1. The van der Waals surface area contributed by atoms with Crippen molar-refractivity contribution >= 4 is 12.0 Å². The van der Waals surface area contributed by atoms with Gasteiger partial charge in [-0.15, -0.1) is 0 Å². The summed E-state index contributed by atoms with van der Waals surface area (Å²) in [6.07, 6.45) is 4.14. The Bertz CT molecular complexity index is 374. The van der Waals surface area contributed by atoms with E-state index >= 15 is 0 Å². The number of carboxylic acid groups (broad SMARTS) is 1. The Morgan fingerprint density at radius 1 is 1.30 bits per heavy atom. The van der Waals surface area contributed by atoms with E-state index in [4.69, 9.17) is 5.11 Å². The van der Waals surface area contributed by atoms with Gasteiger partial charge in [-0.1, -0.05) is 26.2 Å². The second-order valence-corrected chi connectivity index (χ2v) is 6.10. The summed E-state index contributed by atoms with van der Waals surface area (Å²) in [6, 6.07) is -1.28. The van der Waals surface area contributed by atoms with E-state index in [1.807, 2.05) is 0 Å². The largest absolute Gasteiger partial charge is 0.480 e. The molecule has 114 valence electrons. The summed E-state index contributed by atoms with van der Waals surface area (Å²) in [6.45, 7) is 2.90. The molecule has 1 saturated carbocycles. The fourth-order valence-corrected chi connectivity index (χ4v) is 3.29. The molecule has 0 aromatic carbocycles. The average Bonchev–Trinajstić information content (AvgIpc) is 2.80. The lowest BCUT2D eigenvalue weighted by molar-refractivity contribution is -0.141. The van der Waals surface area contributed by atoms with Gasteiger partial charge in [-0.05, 0) is 18.3 Å². The summed E-state index contributed by atoms with van der Waals surface area (Å²) in [7, 11) is 0. The van der Waals surface area contributed by atoms with Crippen LogP contribution in [0.3, 0.4) is 0 Å². The molecule has 6 nitrogen and oxygen atoms in total. The fourth-order valence-electron chi connectivity index (χ4n) is 3.29. The number of rotatable bonds is 3. The van der Waals surface area contributed by atoms with Crippen molar-refractivity contribution in [1.82, 2.24) is 10.2 Å². The maximum Gasteiger partial charge on any atom is 0.326 e. The molecule has 0 aromatic heterocycles. The molecule has 0 spiro atoms. The van der Waals surface area contributed by atoms with Crippen molar-refractivity contribution in [3.05, 3.63) is 0 Å². The van der Waals surface area contributed by atoms with E-state index < -0.39 is 18.1 Å². The van der Waals surface area contributed by atoms with Gasteiger partial charge in [-0.3, -0.25) is 0 Å². The lowest BCUT2D eigenvalue weighted by atomic mass is 9.80. The number of likely N-dealkylation sites (tertiary alicyclic amines) is 1. The van der Waals surface area contributed by atoms with Crippen LogP contribution in [0.25, 0.3) is 0 Å². The average molecular weight is 284 g/mol. The third-order valence-corrected chi connectivity index (χ3v) is 4.63. The van der Waals surface area contributed by atoms with Gasteiger partial charge >= 0.3 is 12.0 Å². The SMILES string of the molecule is CC1CCCCC1CNC(=O)N1C[C@H](O)C[C@@H]1C(=O)O. The monoisotopic (exact) mass is 284 g/mol. The summed E-state index contributed by atoms with van der Waals surface area (Å²) < 4.78 is 0. The first kappa shape index (κ1) is 15.1. The van der Waals surface area contributed by atoms with E-state index in [1.165, 1.54) is 24.2 Å². The second kappa shape index (κ2) is 6.43. The zero-order valence-corrected chi connectivity index (χ0v) is 11.9. The number of urea groups is 1. The molecule has 2 rings (SSSR count). The molecule has 1 heterocycles. The summed E-state index contributed by atoms with van der Waals surface area (Å²) >= 11 is 0. The van der Waals surface area contributed by atoms with Crippen LogP contribution < -0.4 is 5.32 Å². The van der Waals surface area contributed by atoms with Crippen molar-refractivity contribution in [2.75, 3.05) is 13.1 Å². The highest BCUT2D eigenvalue weighted by Crippen LogP contribution is 2.29. The van der Waals surface area contributed by atoms with E-state index in [9.17, 15) is 14.7 Å². The van der Waals surface area contributed by atoms with Crippen molar-refractivity contribution in [2.45, 2.75) is 51.2 Å². The van der Waals surface area contributed by atoms with Crippen LogP contribution in [0.5, 0.6) is 0 Å². The molecule has 2 aliphatic rings. The summed E-state index contributed by atoms with van der Waals surface area (Å²) in [4.78, 5) is 24.4. The van der Waals surface area contributed by atoms with Gasteiger partial charge in [-0.25, -0.2) is 9.59 Å². The predicted molar refractivity (Wildman–Crippen MR) is 73.3 cm³/mol. The zero-order chi connectivity index (χ0) is 14.7. The molecule has 3 N–H and O–H groups in total. The highest BCUT2D eigenvalue weighted by molar-refractivity contribution is 5.83. The molecule has 0 bridgehead atoms. The van der Waals surface area contributed by atoms with Crippen LogP contribution in [-0.4, -0.2) is 52.3 Å². The van der Waals surface area contributed by atoms with Crippen molar-refractivity contribution in [1.29, 1.82) is 0 Å². The molecule has 0 radical (unpaired) electrons. The number of aliphatic hydroxyl groups is 1. The molecule has 1 aliphatic carbocycles. The van der Waals surface area contributed by atoms with Crippen LogP contribution in [0.4, 0.5) is 4.79 Å². The molecular weight excluding hydrogens is 260 g/mol. The van der Waals surface area contributed by atoms with Crippen LogP contribution in [-0.2, 0) is 4.79 Å². The minimum Gasteiger partial charge on any atom is -0.480 e. The first-order chi connectivity index (χ1) is 9.49. The van der Waals surface area contributed by atoms with Crippen LogP contribution in [0.2, 0.25) is 0 Å². The number of carbonyl (C=O) groups excluding carboxylic acids is 1. The van der Waals surface area contributed by atoms with Gasteiger partial charge < -0.3 is 20.4 Å². The van der Waals surface area contributed by atoms with E-state index in [2.05, 4.69) is 12.2 Å². The highest BCUT2D eigenvalue weighted by Gasteiger charge is 2.39. The molecule has 0 aromatic rings. The fraction of sp³-hybridized carbons (Fsp3) is 0.857. The molecule has 20 heavy (non-hydrogen) atoms. The molecule has 1 aliphatic heterocycles. The van der Waals surface area contributed by atoms with Gasteiger partial charge in [0.05, 0.1) is 6.10 Å². The number of hydrogen-bond acceptors (Lipinski definition) is 3. The topological polar surface area (TPSA) is 89.9 Å². The highest BCUT2D eigenvalue weighted by atomic mass is 16.4. The van der Waals surface area contributed by atoms with Gasteiger partial charge in [-0.2, -0.15) is 0 Å². The first-order valence-corrected chi connectivity index (χ1v) is 7.44. The van der Waals surface area contributed by atoms with E-state index in [1.54, 1.807) is 0 Å². The van der Waals surface area contributed by atoms with Crippen molar-refractivity contribution in [3.63, 3.8) is 0 Å². The quantitative estimate of drug-likeness (QED) is 0.722. The number of nitrogens with zero attached hydrogens (tertiary/aromatic N) is 1. The van der Waals surface area contributed by atoms with Crippen LogP contribution in [0.1, 0.15) is 39.0 Å². The number of nitrogens with one attached hydrogen (secondary N) is 1. The summed E-state index contributed by atoms with van der Waals surface area (Å²) in [5, 5.41) is 21.5. The predicted octanol–water partition coefficient (Wildman–Crippen LogP) is 1.04. The minimum absolute atomic E-state index is 0.100. The number of carboxylic acids is 1. The van der Waals surface area contributed by atoms with Crippen molar-refractivity contribution in [2.24, 2.45) is 11.8 Å². The molecule has 4 atom stereocenters. The van der Waals surface area contributed by atoms with Gasteiger partial charge in [0.2, 0.25) is 0 Å². The Kier molecular flexibility index (Phi) is 4.86. The number of aliphatic hydroxyl groups excluding tert-OH is 1. The van der Waals surface area contributed by atoms with Crippen LogP contribution in [0, 0.1) is 11.8 Å². The van der Waals surface area contributed by atoms with E-state index in [0.29, 0.717) is 18.4 Å². The number of amides is 2. The van der Waals surface area contributed by atoms with E-state index in [0.717, 1.165) is 6.42 Å². The first-order valence-electron chi connectivity index (χ1n) is 7.44. The van der Waals surface area contributed by atoms with Crippen molar-refractivity contribution in [3.8, 4) is 0 Å². The third kappa shape index (κ3) is 3.42. The van der Waals surface area contributed by atoms with Crippen molar-refractivity contribution < 1.29 is 19.8 Å². The number of aliphatic carboxylic acids is 1. The molecule has 2 amide bonds. The third-order valence-electron chi connectivity index (χ3n) is 4.63. The molecule has 2 fully saturated rings. The maximum absolute atomic E-state index is 12.1. The normalized spacial score (nSPS) is 34.0. The standard InChI is InChI=1S/C14H24N2O4/c1-9-4-2-3-5-10(9)7-15-14(20)16-8-11(17)6-12(16)13(18)19/h9-12,17H,2-8H2,1H3,(H,15,20)(H,18,19)/t9?,10?,11-,12-/m1/s1. The summed E-state index contributed by atoms with van der Waals surface area (Å²) in [5.41, 5.74) is 0. The Hall–Kier alpha value is -1.30. The molecular formula is C14H24N2O4. The van der Waals surface area contributed by atoms with Crippen LogP contribution >= 0.6 is 0 Å². The smallest absolute Gasteiger partial charge is 0.326 e. The molecule has 2 unspecified atom stereocenters. The van der Waals surface area contributed by atoms with Gasteiger partial charge in [0.25, 0.3) is 0 Å². The number of hydrogen-bond donors (Lipinski definition) is 3. The Labute approximate surface area is 119 Å². The van der Waals surface area contributed by atoms with Gasteiger partial charge in [0, 0.05) is 19.5 Å². The zero-order valence-electron chi connectivity index (χ0n) is 11.9. The van der Waals surface area contributed by atoms with Gasteiger partial charge in [0.15, 0.2) is 0 Å².